The number of aromatic nitrogens is 1. The SMILES string of the molecule is [B]C(Nc1cc(Cl)c2ncc(C#N)c(N[C@H](CC)c3ccccc3)c2c1)(C1=CNNN1)c1cccc(C#N)c1. The maximum Gasteiger partial charge on any atom is 0.119 e. The van der Waals surface area contributed by atoms with Crippen LogP contribution in [0.4, 0.5) is 11.4 Å². The molecule has 0 bridgehead atoms. The first-order chi connectivity index (χ1) is 19.0. The fraction of sp³-hybridized carbons (Fsp3) is 0.138. The topological polar surface area (TPSA) is 121 Å². The first-order valence-electron chi connectivity index (χ1n) is 12.4. The smallest absolute Gasteiger partial charge is 0.119 e. The van der Waals surface area contributed by atoms with Crippen LogP contribution < -0.4 is 27.0 Å². The Kier molecular flexibility index (Phi) is 7.29. The molecule has 1 aromatic heterocycles. The highest BCUT2D eigenvalue weighted by Crippen LogP contribution is 2.38. The lowest BCUT2D eigenvalue weighted by molar-refractivity contribution is 0.572. The summed E-state index contributed by atoms with van der Waals surface area (Å²) >= 11 is 6.75. The number of nitriles is 2. The highest BCUT2D eigenvalue weighted by Gasteiger charge is 2.33. The van der Waals surface area contributed by atoms with Gasteiger partial charge in [0.1, 0.15) is 13.9 Å². The second-order valence-electron chi connectivity index (χ2n) is 9.11. The van der Waals surface area contributed by atoms with E-state index in [-0.39, 0.29) is 6.04 Å². The van der Waals surface area contributed by atoms with Crippen molar-refractivity contribution in [1.82, 2.24) is 21.4 Å². The Bertz CT molecular complexity index is 1640. The monoisotopic (exact) mass is 530 g/mol. The van der Waals surface area contributed by atoms with Crippen LogP contribution in [0.3, 0.4) is 0 Å². The average molecular weight is 531 g/mol. The fourth-order valence-electron chi connectivity index (χ4n) is 4.67. The summed E-state index contributed by atoms with van der Waals surface area (Å²) in [5, 5.41) is 27.5. The van der Waals surface area contributed by atoms with Gasteiger partial charge in [-0.1, -0.05) is 61.0 Å². The van der Waals surface area contributed by atoms with Gasteiger partial charge in [0.05, 0.1) is 50.6 Å². The molecule has 8 nitrogen and oxygen atoms in total. The van der Waals surface area contributed by atoms with Crippen molar-refractivity contribution in [3.05, 3.63) is 112 Å². The summed E-state index contributed by atoms with van der Waals surface area (Å²) in [5.74, 6) is 0. The van der Waals surface area contributed by atoms with Crippen LogP contribution in [0, 0.1) is 22.7 Å². The Hall–Kier alpha value is -4.70. The lowest BCUT2D eigenvalue weighted by atomic mass is 9.69. The molecule has 2 atom stereocenters. The minimum atomic E-state index is -1.27. The molecule has 1 unspecified atom stereocenters. The van der Waals surface area contributed by atoms with Crippen LogP contribution in [-0.2, 0) is 5.44 Å². The summed E-state index contributed by atoms with van der Waals surface area (Å²) in [7, 11) is 6.99. The van der Waals surface area contributed by atoms with Gasteiger partial charge in [0.2, 0.25) is 0 Å². The molecule has 4 aromatic rings. The second-order valence-corrected chi connectivity index (χ2v) is 9.51. The van der Waals surface area contributed by atoms with Crippen LogP contribution in [0.15, 0.2) is 84.8 Å². The predicted octanol–water partition coefficient (Wildman–Crippen LogP) is 5.08. The second kappa shape index (κ2) is 11.0. The van der Waals surface area contributed by atoms with Gasteiger partial charge in [-0.3, -0.25) is 4.98 Å². The maximum atomic E-state index is 9.95. The molecule has 2 heterocycles. The summed E-state index contributed by atoms with van der Waals surface area (Å²) < 4.78 is 0. The number of benzene rings is 3. The number of anilines is 2. The van der Waals surface area contributed by atoms with Crippen LogP contribution in [0.2, 0.25) is 5.02 Å². The molecule has 1 aliphatic heterocycles. The number of halogens is 1. The highest BCUT2D eigenvalue weighted by atomic mass is 35.5. The van der Waals surface area contributed by atoms with E-state index in [2.05, 4.69) is 63.2 Å². The molecular formula is C29H24BClN8. The van der Waals surface area contributed by atoms with Gasteiger partial charge in [-0.05, 0) is 41.8 Å². The Balaban J connectivity index is 1.63. The lowest BCUT2D eigenvalue weighted by Gasteiger charge is -2.34. The molecule has 10 heteroatoms. The van der Waals surface area contributed by atoms with E-state index in [0.717, 1.165) is 12.0 Å². The van der Waals surface area contributed by atoms with Crippen LogP contribution in [-0.4, -0.2) is 12.8 Å². The molecule has 1 aliphatic rings. The van der Waals surface area contributed by atoms with Crippen molar-refractivity contribution in [3.8, 4) is 12.1 Å². The van der Waals surface area contributed by atoms with E-state index in [1.165, 1.54) is 6.20 Å². The molecule has 5 N–H and O–H groups in total. The lowest BCUT2D eigenvalue weighted by Crippen LogP contribution is -2.44. The number of nitrogens with one attached hydrogen (secondary N) is 5. The third kappa shape index (κ3) is 5.06. The third-order valence-corrected chi connectivity index (χ3v) is 6.96. The molecule has 0 spiro atoms. The van der Waals surface area contributed by atoms with Crippen LogP contribution in [0.5, 0.6) is 0 Å². The molecule has 0 amide bonds. The number of rotatable bonds is 8. The van der Waals surface area contributed by atoms with Gasteiger partial charge in [-0.15, -0.1) is 0 Å². The van der Waals surface area contributed by atoms with E-state index in [1.807, 2.05) is 30.3 Å². The van der Waals surface area contributed by atoms with E-state index in [0.29, 0.717) is 49.7 Å². The minimum Gasteiger partial charge on any atom is -0.378 e. The number of pyridine rings is 1. The van der Waals surface area contributed by atoms with Crippen molar-refractivity contribution in [1.29, 1.82) is 10.5 Å². The van der Waals surface area contributed by atoms with Gasteiger partial charge in [0.15, 0.2) is 0 Å². The molecule has 0 aliphatic carbocycles. The van der Waals surface area contributed by atoms with E-state index < -0.39 is 5.44 Å². The first kappa shape index (κ1) is 25.9. The quantitative estimate of drug-likeness (QED) is 0.200. The number of nitrogens with zero attached hydrogens (tertiary/aromatic N) is 3. The van der Waals surface area contributed by atoms with Gasteiger partial charge in [0.25, 0.3) is 0 Å². The summed E-state index contributed by atoms with van der Waals surface area (Å²) in [6, 6.07) is 25.1. The van der Waals surface area contributed by atoms with Gasteiger partial charge in [0, 0.05) is 23.5 Å². The zero-order chi connectivity index (χ0) is 27.4. The predicted molar refractivity (Wildman–Crippen MR) is 154 cm³/mol. The van der Waals surface area contributed by atoms with E-state index in [9.17, 15) is 10.5 Å². The fourth-order valence-corrected chi connectivity index (χ4v) is 4.94. The van der Waals surface area contributed by atoms with Crippen molar-refractivity contribution in [2.75, 3.05) is 10.6 Å². The number of fused-ring (bicyclic) bond motifs is 1. The normalized spacial score (nSPS) is 14.6. The highest BCUT2D eigenvalue weighted by molar-refractivity contribution is 6.36. The van der Waals surface area contributed by atoms with Crippen LogP contribution in [0.1, 0.15) is 41.6 Å². The molecule has 2 radical (unpaired) electrons. The Morgan fingerprint density at radius 1 is 1.08 bits per heavy atom. The van der Waals surface area contributed by atoms with Crippen molar-refractivity contribution in [3.63, 3.8) is 0 Å². The Morgan fingerprint density at radius 3 is 2.59 bits per heavy atom. The maximum absolute atomic E-state index is 9.95. The number of hydrogen-bond donors (Lipinski definition) is 5. The molecule has 190 valence electrons. The molecule has 0 saturated carbocycles. The van der Waals surface area contributed by atoms with E-state index in [4.69, 9.17) is 19.4 Å². The van der Waals surface area contributed by atoms with E-state index >= 15 is 0 Å². The molecular weight excluding hydrogens is 507 g/mol. The first-order valence-corrected chi connectivity index (χ1v) is 12.7. The van der Waals surface area contributed by atoms with Crippen molar-refractivity contribution < 1.29 is 0 Å². The standard InChI is InChI=1S/C29H24BClN8/c1-2-25(19-8-4-3-5-9-19)36-27-20(15-33)16-34-28-23(27)12-22(13-24(28)31)37-29(30,26-17-35-39-38-26)21-10-6-7-18(11-21)14-32/h3-13,16-17,25,35,37-39H,2H2,1H3,(H,34,36)/t25-,29?/m1/s1. The van der Waals surface area contributed by atoms with Crippen molar-refractivity contribution in [2.45, 2.75) is 24.8 Å². The Morgan fingerprint density at radius 2 is 1.90 bits per heavy atom. The molecule has 5 rings (SSSR count). The average Bonchev–Trinajstić information content (AvgIpc) is 3.52. The number of hydrazine groups is 2. The van der Waals surface area contributed by atoms with Gasteiger partial charge in [-0.25, -0.2) is 0 Å². The zero-order valence-electron chi connectivity index (χ0n) is 21.1. The molecule has 3 aromatic carbocycles. The third-order valence-electron chi connectivity index (χ3n) is 6.67. The zero-order valence-corrected chi connectivity index (χ0v) is 21.8. The van der Waals surface area contributed by atoms with Crippen LogP contribution >= 0.6 is 11.6 Å². The van der Waals surface area contributed by atoms with Crippen LogP contribution in [0.25, 0.3) is 10.9 Å². The Labute approximate surface area is 233 Å². The van der Waals surface area contributed by atoms with Gasteiger partial charge < -0.3 is 21.5 Å². The van der Waals surface area contributed by atoms with E-state index in [1.54, 1.807) is 30.5 Å². The summed E-state index contributed by atoms with van der Waals surface area (Å²) in [6.07, 6.45) is 4.03. The summed E-state index contributed by atoms with van der Waals surface area (Å²) in [4.78, 5) is 4.48. The van der Waals surface area contributed by atoms with Gasteiger partial charge >= 0.3 is 0 Å². The van der Waals surface area contributed by atoms with Gasteiger partial charge in [-0.2, -0.15) is 16.1 Å². The molecule has 0 saturated heterocycles. The largest absolute Gasteiger partial charge is 0.378 e. The summed E-state index contributed by atoms with van der Waals surface area (Å²) in [5.41, 5.74) is 12.4. The number of hydrogen-bond acceptors (Lipinski definition) is 8. The van der Waals surface area contributed by atoms with Crippen molar-refractivity contribution >= 4 is 41.7 Å². The molecule has 39 heavy (non-hydrogen) atoms. The molecule has 0 fully saturated rings. The summed E-state index contributed by atoms with van der Waals surface area (Å²) in [6.45, 7) is 2.09. The minimum absolute atomic E-state index is 0.0356. The van der Waals surface area contributed by atoms with Crippen molar-refractivity contribution in [2.24, 2.45) is 0 Å².